The van der Waals surface area contributed by atoms with E-state index in [0.717, 1.165) is 0 Å². The first-order valence-corrected chi connectivity index (χ1v) is 7.27. The van der Waals surface area contributed by atoms with Gasteiger partial charge in [-0.05, 0) is 6.07 Å². The molecule has 1 aliphatic rings. The molecule has 6 nitrogen and oxygen atoms in total. The normalized spacial score (nSPS) is 15.4. The number of piperazine rings is 1. The van der Waals surface area contributed by atoms with E-state index in [1.54, 1.807) is 9.80 Å². The minimum absolute atomic E-state index is 0.0260. The first-order chi connectivity index (χ1) is 9.90. The maximum Gasteiger partial charge on any atom is 0.256 e. The fourth-order valence-electron chi connectivity index (χ4n) is 2.29. The van der Waals surface area contributed by atoms with Crippen molar-refractivity contribution < 1.29 is 9.59 Å². The molecular formula is C14H19ClN4O2. The van der Waals surface area contributed by atoms with E-state index < -0.39 is 0 Å². The molecule has 2 rings (SSSR count). The molecule has 1 aromatic rings. The Balaban J connectivity index is 2.03. The number of carbonyl (C=O) groups excluding carboxylic acids is 2. The molecule has 0 saturated carbocycles. The number of halogens is 1. The summed E-state index contributed by atoms with van der Waals surface area (Å²) in [6.07, 6.45) is 1.38. The number of nitrogens with zero attached hydrogens (tertiary/aromatic N) is 3. The molecule has 2 N–H and O–H groups in total. The van der Waals surface area contributed by atoms with Gasteiger partial charge in [0.05, 0.1) is 17.4 Å². The van der Waals surface area contributed by atoms with E-state index in [0.29, 0.717) is 37.4 Å². The summed E-state index contributed by atoms with van der Waals surface area (Å²) in [5.41, 5.74) is 6.45. The van der Waals surface area contributed by atoms with Gasteiger partial charge in [-0.15, -0.1) is 0 Å². The summed E-state index contributed by atoms with van der Waals surface area (Å²) in [6.45, 7) is 5.83. The van der Waals surface area contributed by atoms with Crippen LogP contribution in [-0.2, 0) is 4.79 Å². The Morgan fingerprint density at radius 1 is 1.24 bits per heavy atom. The minimum atomic E-state index is -0.173. The highest BCUT2D eigenvalue weighted by Gasteiger charge is 2.26. The van der Waals surface area contributed by atoms with E-state index in [-0.39, 0.29) is 22.9 Å². The SMILES string of the molecule is CC(C)C(=O)N1CCN(C(=O)c2cc(Cl)ncc2N)CC1. The van der Waals surface area contributed by atoms with Gasteiger partial charge in [0.1, 0.15) is 5.15 Å². The third kappa shape index (κ3) is 3.44. The fraction of sp³-hybridized carbons (Fsp3) is 0.500. The summed E-state index contributed by atoms with van der Waals surface area (Å²) >= 11 is 5.81. The Kier molecular flexibility index (Phi) is 4.67. The smallest absolute Gasteiger partial charge is 0.256 e. The number of pyridine rings is 1. The molecule has 0 atom stereocenters. The minimum Gasteiger partial charge on any atom is -0.397 e. The summed E-state index contributed by atoms with van der Waals surface area (Å²) in [4.78, 5) is 31.7. The average Bonchev–Trinajstić information content (AvgIpc) is 2.48. The number of aromatic nitrogens is 1. The molecule has 114 valence electrons. The average molecular weight is 311 g/mol. The predicted molar refractivity (Wildman–Crippen MR) is 81.0 cm³/mol. The van der Waals surface area contributed by atoms with Gasteiger partial charge in [0, 0.05) is 32.1 Å². The Bertz CT molecular complexity index is 554. The van der Waals surface area contributed by atoms with E-state index >= 15 is 0 Å². The van der Waals surface area contributed by atoms with E-state index in [9.17, 15) is 9.59 Å². The molecule has 1 fully saturated rings. The van der Waals surface area contributed by atoms with Crippen molar-refractivity contribution in [2.45, 2.75) is 13.8 Å². The monoisotopic (exact) mass is 310 g/mol. The van der Waals surface area contributed by atoms with Crippen molar-refractivity contribution in [3.8, 4) is 0 Å². The van der Waals surface area contributed by atoms with Crippen LogP contribution in [0.3, 0.4) is 0 Å². The predicted octanol–water partition coefficient (Wildman–Crippen LogP) is 1.26. The fourth-order valence-corrected chi connectivity index (χ4v) is 2.45. The number of nitrogens with two attached hydrogens (primary N) is 1. The molecule has 21 heavy (non-hydrogen) atoms. The maximum atomic E-state index is 12.4. The van der Waals surface area contributed by atoms with E-state index in [2.05, 4.69) is 4.98 Å². The summed E-state index contributed by atoms with van der Waals surface area (Å²) in [6, 6.07) is 1.48. The largest absolute Gasteiger partial charge is 0.397 e. The van der Waals surface area contributed by atoms with Gasteiger partial charge in [-0.25, -0.2) is 4.98 Å². The van der Waals surface area contributed by atoms with Gasteiger partial charge in [-0.3, -0.25) is 9.59 Å². The standard InChI is InChI=1S/C14H19ClN4O2/c1-9(2)13(20)18-3-5-19(6-4-18)14(21)10-7-12(15)17-8-11(10)16/h7-9H,3-6,16H2,1-2H3. The van der Waals surface area contributed by atoms with E-state index in [1.807, 2.05) is 13.8 Å². The molecule has 2 heterocycles. The van der Waals surface area contributed by atoms with Crippen molar-refractivity contribution in [3.63, 3.8) is 0 Å². The van der Waals surface area contributed by atoms with Crippen LogP contribution in [0.5, 0.6) is 0 Å². The van der Waals surface area contributed by atoms with Crippen LogP contribution in [0.1, 0.15) is 24.2 Å². The Morgan fingerprint density at radius 3 is 2.38 bits per heavy atom. The number of carbonyl (C=O) groups is 2. The molecule has 0 spiro atoms. The molecule has 0 bridgehead atoms. The molecule has 1 saturated heterocycles. The van der Waals surface area contributed by atoms with Gasteiger partial charge < -0.3 is 15.5 Å². The molecular weight excluding hydrogens is 292 g/mol. The van der Waals surface area contributed by atoms with Gasteiger partial charge in [0.25, 0.3) is 5.91 Å². The van der Waals surface area contributed by atoms with Crippen molar-refractivity contribution in [1.29, 1.82) is 0 Å². The number of rotatable bonds is 2. The topological polar surface area (TPSA) is 79.5 Å². The summed E-state index contributed by atoms with van der Waals surface area (Å²) in [5, 5.41) is 0.237. The zero-order chi connectivity index (χ0) is 15.6. The van der Waals surface area contributed by atoms with E-state index in [4.69, 9.17) is 17.3 Å². The molecule has 0 aromatic carbocycles. The Hall–Kier alpha value is -1.82. The molecule has 7 heteroatoms. The van der Waals surface area contributed by atoms with Crippen molar-refractivity contribution in [2.24, 2.45) is 5.92 Å². The van der Waals surface area contributed by atoms with Crippen LogP contribution in [0.2, 0.25) is 5.15 Å². The van der Waals surface area contributed by atoms with Crippen LogP contribution in [0.15, 0.2) is 12.3 Å². The second-order valence-electron chi connectivity index (χ2n) is 5.37. The van der Waals surface area contributed by atoms with Crippen LogP contribution in [0.25, 0.3) is 0 Å². The second-order valence-corrected chi connectivity index (χ2v) is 5.75. The highest BCUT2D eigenvalue weighted by molar-refractivity contribution is 6.29. The van der Waals surface area contributed by atoms with Crippen LogP contribution >= 0.6 is 11.6 Å². The Labute approximate surface area is 128 Å². The van der Waals surface area contributed by atoms with Gasteiger partial charge in [-0.2, -0.15) is 0 Å². The maximum absolute atomic E-state index is 12.4. The van der Waals surface area contributed by atoms with Gasteiger partial charge in [-0.1, -0.05) is 25.4 Å². The number of hydrogen-bond acceptors (Lipinski definition) is 4. The molecule has 2 amide bonds. The molecule has 1 aromatic heterocycles. The van der Waals surface area contributed by atoms with Crippen molar-refractivity contribution in [1.82, 2.24) is 14.8 Å². The van der Waals surface area contributed by atoms with Gasteiger partial charge in [0.15, 0.2) is 0 Å². The molecule has 0 unspecified atom stereocenters. The highest BCUT2D eigenvalue weighted by Crippen LogP contribution is 2.18. The molecule has 0 aliphatic carbocycles. The van der Waals surface area contributed by atoms with Crippen LogP contribution in [0.4, 0.5) is 5.69 Å². The number of hydrogen-bond donors (Lipinski definition) is 1. The third-order valence-corrected chi connectivity index (χ3v) is 3.71. The first kappa shape index (κ1) is 15.6. The van der Waals surface area contributed by atoms with Crippen molar-refractivity contribution in [2.75, 3.05) is 31.9 Å². The van der Waals surface area contributed by atoms with E-state index in [1.165, 1.54) is 12.3 Å². The van der Waals surface area contributed by atoms with Crippen molar-refractivity contribution >= 4 is 29.1 Å². The zero-order valence-electron chi connectivity index (χ0n) is 12.2. The molecule has 1 aliphatic heterocycles. The lowest BCUT2D eigenvalue weighted by Gasteiger charge is -2.35. The number of amides is 2. The summed E-state index contributed by atoms with van der Waals surface area (Å²) in [5.74, 6) is -0.0797. The first-order valence-electron chi connectivity index (χ1n) is 6.89. The summed E-state index contributed by atoms with van der Waals surface area (Å²) < 4.78 is 0. The lowest BCUT2D eigenvalue weighted by Crippen LogP contribution is -2.51. The van der Waals surface area contributed by atoms with Gasteiger partial charge >= 0.3 is 0 Å². The number of nitrogen functional groups attached to an aromatic ring is 1. The highest BCUT2D eigenvalue weighted by atomic mass is 35.5. The van der Waals surface area contributed by atoms with Crippen LogP contribution in [0, 0.1) is 5.92 Å². The lowest BCUT2D eigenvalue weighted by atomic mass is 10.1. The lowest BCUT2D eigenvalue weighted by molar-refractivity contribution is -0.135. The molecule has 0 radical (unpaired) electrons. The number of anilines is 1. The van der Waals surface area contributed by atoms with Crippen LogP contribution in [-0.4, -0.2) is 52.8 Å². The Morgan fingerprint density at radius 2 is 1.81 bits per heavy atom. The third-order valence-electron chi connectivity index (χ3n) is 3.50. The summed E-state index contributed by atoms with van der Waals surface area (Å²) in [7, 11) is 0. The van der Waals surface area contributed by atoms with Crippen molar-refractivity contribution in [3.05, 3.63) is 23.0 Å². The zero-order valence-corrected chi connectivity index (χ0v) is 12.9. The van der Waals surface area contributed by atoms with Crippen LogP contribution < -0.4 is 5.73 Å². The quantitative estimate of drug-likeness (QED) is 0.834. The second kappa shape index (κ2) is 6.30. The van der Waals surface area contributed by atoms with Gasteiger partial charge in [0.2, 0.25) is 5.91 Å².